The number of rotatable bonds is 18. The third-order valence-corrected chi connectivity index (χ3v) is 20.4. The standard InChI is InChI=1S/C24H50O7Si4/c1-21(2)23(25)27-17-13-15-19-32(5,6)29-34(9,10)31-35(11,12)30-33(7,8)20-16-14-18-28-24(26)22(3)4/h1,3,13-20H2,2,4-12H3. The Kier molecular flexibility index (Phi) is 14.4. The Hall–Kier alpha value is -0.832. The minimum absolute atomic E-state index is 0.329. The molecule has 0 N–H and O–H groups in total. The highest BCUT2D eigenvalue weighted by molar-refractivity contribution is 6.89. The number of ether oxygens (including phenoxy) is 2. The van der Waals surface area contributed by atoms with Crippen molar-refractivity contribution in [2.75, 3.05) is 13.2 Å². The van der Waals surface area contributed by atoms with E-state index in [1.165, 1.54) is 0 Å². The van der Waals surface area contributed by atoms with Gasteiger partial charge in [-0.2, -0.15) is 0 Å². The average molecular weight is 563 g/mol. The van der Waals surface area contributed by atoms with E-state index in [2.05, 4.69) is 65.5 Å². The zero-order valence-electron chi connectivity index (χ0n) is 23.9. The van der Waals surface area contributed by atoms with Gasteiger partial charge in [0.25, 0.3) is 0 Å². The third kappa shape index (κ3) is 17.3. The van der Waals surface area contributed by atoms with E-state index in [9.17, 15) is 9.59 Å². The lowest BCUT2D eigenvalue weighted by molar-refractivity contribution is -0.139. The van der Waals surface area contributed by atoms with E-state index in [-0.39, 0.29) is 11.9 Å². The lowest BCUT2D eigenvalue weighted by Crippen LogP contribution is -2.56. The summed E-state index contributed by atoms with van der Waals surface area (Å²) in [5, 5.41) is 0. The summed E-state index contributed by atoms with van der Waals surface area (Å²) in [6, 6.07) is 1.97. The maximum atomic E-state index is 11.5. The van der Waals surface area contributed by atoms with Crippen LogP contribution < -0.4 is 0 Å². The second-order valence-corrected chi connectivity index (χ2v) is 27.5. The first kappa shape index (κ1) is 34.2. The van der Waals surface area contributed by atoms with Crippen molar-refractivity contribution in [1.29, 1.82) is 0 Å². The van der Waals surface area contributed by atoms with Gasteiger partial charge in [-0.3, -0.25) is 0 Å². The lowest BCUT2D eigenvalue weighted by atomic mass is 10.3. The SMILES string of the molecule is C=C(C)C(=O)OCCCC[Si](C)(C)O[Si](C)(C)O[Si](C)(C)O[Si](C)(C)CCCCOC(=O)C(=C)C. The van der Waals surface area contributed by atoms with E-state index >= 15 is 0 Å². The third-order valence-electron chi connectivity index (χ3n) is 5.05. The number of esters is 2. The molecule has 0 aliphatic carbocycles. The second-order valence-electron chi connectivity index (χ2n) is 11.4. The van der Waals surface area contributed by atoms with Crippen molar-refractivity contribution in [3.8, 4) is 0 Å². The van der Waals surface area contributed by atoms with E-state index in [1.54, 1.807) is 13.8 Å². The van der Waals surface area contributed by atoms with Gasteiger partial charge in [-0.1, -0.05) is 26.0 Å². The van der Waals surface area contributed by atoms with Gasteiger partial charge in [0.1, 0.15) is 0 Å². The van der Waals surface area contributed by atoms with Crippen LogP contribution in [0.5, 0.6) is 0 Å². The van der Waals surface area contributed by atoms with Crippen LogP contribution in [0.2, 0.25) is 64.5 Å². The second kappa shape index (κ2) is 14.8. The molecule has 0 aromatic rings. The van der Waals surface area contributed by atoms with Crippen LogP contribution in [0, 0.1) is 0 Å². The fourth-order valence-corrected chi connectivity index (χ4v) is 23.4. The maximum Gasteiger partial charge on any atom is 0.333 e. The van der Waals surface area contributed by atoms with Gasteiger partial charge in [0.15, 0.2) is 16.6 Å². The number of carbonyl (C=O) groups is 2. The highest BCUT2D eigenvalue weighted by atomic mass is 28.5. The monoisotopic (exact) mass is 562 g/mol. The highest BCUT2D eigenvalue weighted by Gasteiger charge is 2.43. The highest BCUT2D eigenvalue weighted by Crippen LogP contribution is 2.28. The summed E-state index contributed by atoms with van der Waals surface area (Å²) in [5.41, 5.74) is 0.856. The summed E-state index contributed by atoms with van der Waals surface area (Å²) in [4.78, 5) is 23.0. The van der Waals surface area contributed by atoms with E-state index in [0.29, 0.717) is 24.4 Å². The molecule has 0 unspecified atom stereocenters. The molecule has 0 heterocycles. The summed E-state index contributed by atoms with van der Waals surface area (Å²) in [6.07, 6.45) is 3.53. The Labute approximate surface area is 218 Å². The van der Waals surface area contributed by atoms with Crippen LogP contribution in [0.4, 0.5) is 0 Å². The summed E-state index contributed by atoms with van der Waals surface area (Å²) in [5.74, 6) is -0.658. The van der Waals surface area contributed by atoms with Crippen LogP contribution in [0.25, 0.3) is 0 Å². The molecule has 0 spiro atoms. The number of carbonyl (C=O) groups excluding carboxylic acids is 2. The van der Waals surface area contributed by atoms with E-state index < -0.39 is 33.8 Å². The van der Waals surface area contributed by atoms with Crippen molar-refractivity contribution in [3.63, 3.8) is 0 Å². The molecular formula is C24H50O7Si4. The average Bonchev–Trinajstić information content (AvgIpc) is 2.63. The van der Waals surface area contributed by atoms with Gasteiger partial charge in [-0.05, 0) is 91.2 Å². The van der Waals surface area contributed by atoms with Gasteiger partial charge < -0.3 is 21.8 Å². The molecule has 204 valence electrons. The van der Waals surface area contributed by atoms with Gasteiger partial charge in [-0.15, -0.1) is 0 Å². The minimum Gasteiger partial charge on any atom is -0.462 e. The fourth-order valence-electron chi connectivity index (χ4n) is 3.95. The van der Waals surface area contributed by atoms with Gasteiger partial charge in [0.05, 0.1) is 13.2 Å². The molecule has 0 bridgehead atoms. The van der Waals surface area contributed by atoms with Gasteiger partial charge in [0.2, 0.25) is 0 Å². The Morgan fingerprint density at radius 2 is 0.886 bits per heavy atom. The Morgan fingerprint density at radius 3 is 1.17 bits per heavy atom. The van der Waals surface area contributed by atoms with Gasteiger partial charge in [0, 0.05) is 11.1 Å². The predicted octanol–water partition coefficient (Wildman–Crippen LogP) is 6.65. The summed E-state index contributed by atoms with van der Waals surface area (Å²) in [7, 11) is -8.64. The van der Waals surface area contributed by atoms with Crippen molar-refractivity contribution in [1.82, 2.24) is 0 Å². The molecule has 0 atom stereocenters. The molecule has 11 heteroatoms. The van der Waals surface area contributed by atoms with Gasteiger partial charge >= 0.3 is 29.1 Å². The molecule has 0 rings (SSSR count). The molecule has 0 fully saturated rings. The fraction of sp³-hybridized carbons (Fsp3) is 0.750. The van der Waals surface area contributed by atoms with Crippen molar-refractivity contribution < 1.29 is 31.4 Å². The first-order chi connectivity index (χ1) is 15.8. The smallest absolute Gasteiger partial charge is 0.333 e. The summed E-state index contributed by atoms with van der Waals surface area (Å²) < 4.78 is 30.3. The lowest BCUT2D eigenvalue weighted by Gasteiger charge is -2.41. The van der Waals surface area contributed by atoms with E-state index in [1.807, 2.05) is 0 Å². The largest absolute Gasteiger partial charge is 0.462 e. The van der Waals surface area contributed by atoms with Crippen LogP contribution in [-0.4, -0.2) is 58.9 Å². The molecular weight excluding hydrogens is 513 g/mol. The molecule has 0 radical (unpaired) electrons. The summed E-state index contributed by atoms with van der Waals surface area (Å²) in [6.45, 7) is 28.7. The molecule has 0 amide bonds. The van der Waals surface area contributed by atoms with Crippen LogP contribution >= 0.6 is 0 Å². The zero-order chi connectivity index (χ0) is 27.5. The number of hydrogen-bond donors (Lipinski definition) is 0. The molecule has 35 heavy (non-hydrogen) atoms. The normalized spacial score (nSPS) is 12.9. The Morgan fingerprint density at radius 1 is 0.571 bits per heavy atom. The van der Waals surface area contributed by atoms with Crippen LogP contribution in [-0.2, 0) is 31.4 Å². The topological polar surface area (TPSA) is 80.3 Å². The van der Waals surface area contributed by atoms with Crippen molar-refractivity contribution >= 4 is 45.7 Å². The quantitative estimate of drug-likeness (QED) is 0.0800. The van der Waals surface area contributed by atoms with Gasteiger partial charge in [-0.25, -0.2) is 9.59 Å². The van der Waals surface area contributed by atoms with Crippen molar-refractivity contribution in [3.05, 3.63) is 24.3 Å². The molecule has 0 saturated heterocycles. The summed E-state index contributed by atoms with van der Waals surface area (Å²) >= 11 is 0. The molecule has 0 aromatic carbocycles. The van der Waals surface area contributed by atoms with Crippen molar-refractivity contribution in [2.24, 2.45) is 0 Å². The maximum absolute atomic E-state index is 11.5. The first-order valence-electron chi connectivity index (χ1n) is 12.5. The number of hydrogen-bond acceptors (Lipinski definition) is 7. The van der Waals surface area contributed by atoms with Crippen LogP contribution in [0.3, 0.4) is 0 Å². The zero-order valence-corrected chi connectivity index (χ0v) is 27.9. The van der Waals surface area contributed by atoms with E-state index in [0.717, 1.165) is 37.8 Å². The molecule has 0 aromatic heterocycles. The molecule has 7 nitrogen and oxygen atoms in total. The van der Waals surface area contributed by atoms with Crippen molar-refractivity contribution in [2.45, 2.75) is 104 Å². The minimum atomic E-state index is -2.38. The van der Waals surface area contributed by atoms with E-state index in [4.69, 9.17) is 21.8 Å². The Balaban J connectivity index is 4.56. The van der Waals surface area contributed by atoms with Crippen LogP contribution in [0.1, 0.15) is 39.5 Å². The predicted molar refractivity (Wildman–Crippen MR) is 153 cm³/mol. The first-order valence-corrected chi connectivity index (χ1v) is 24.4. The van der Waals surface area contributed by atoms with Crippen LogP contribution in [0.15, 0.2) is 24.3 Å². The number of unbranched alkanes of at least 4 members (excludes halogenated alkanes) is 2. The molecule has 0 aliphatic rings. The molecule has 0 aliphatic heterocycles. The Bertz CT molecular complexity index is 673. The molecule has 0 saturated carbocycles.